The van der Waals surface area contributed by atoms with Gasteiger partial charge >= 0.3 is 0 Å². The SMILES string of the molecule is O=[N+]([O-])c1ccc(/C=N/N=C/c2ccco2)cc1. The summed E-state index contributed by atoms with van der Waals surface area (Å²) in [6, 6.07) is 9.54. The van der Waals surface area contributed by atoms with Gasteiger partial charge in [0.1, 0.15) is 5.76 Å². The summed E-state index contributed by atoms with van der Waals surface area (Å²) in [5.41, 5.74) is 0.781. The first-order valence-electron chi connectivity index (χ1n) is 5.10. The van der Waals surface area contributed by atoms with Crippen LogP contribution in [0.1, 0.15) is 11.3 Å². The maximum absolute atomic E-state index is 10.4. The Kier molecular flexibility index (Phi) is 3.60. The van der Waals surface area contributed by atoms with Crippen LogP contribution in [0.3, 0.4) is 0 Å². The average molecular weight is 243 g/mol. The van der Waals surface area contributed by atoms with Crippen LogP contribution in [0.5, 0.6) is 0 Å². The minimum atomic E-state index is -0.448. The molecule has 0 aliphatic heterocycles. The van der Waals surface area contributed by atoms with Crippen molar-refractivity contribution in [1.82, 2.24) is 0 Å². The van der Waals surface area contributed by atoms with Crippen LogP contribution in [0, 0.1) is 10.1 Å². The number of nitro groups is 1. The number of nitrogens with zero attached hydrogens (tertiary/aromatic N) is 3. The van der Waals surface area contributed by atoms with E-state index >= 15 is 0 Å². The van der Waals surface area contributed by atoms with Crippen LogP contribution in [0.2, 0.25) is 0 Å². The van der Waals surface area contributed by atoms with Crippen molar-refractivity contribution in [1.29, 1.82) is 0 Å². The van der Waals surface area contributed by atoms with Gasteiger partial charge in [-0.05, 0) is 29.8 Å². The van der Waals surface area contributed by atoms with Gasteiger partial charge in [0.25, 0.3) is 5.69 Å². The first-order valence-corrected chi connectivity index (χ1v) is 5.10. The molecule has 0 saturated carbocycles. The van der Waals surface area contributed by atoms with Crippen molar-refractivity contribution in [2.75, 3.05) is 0 Å². The standard InChI is InChI=1S/C12H9N3O3/c16-15(17)11-5-3-10(4-6-11)8-13-14-9-12-2-1-7-18-12/h1-9H/b13-8+,14-9+. The first-order chi connectivity index (χ1) is 8.75. The van der Waals surface area contributed by atoms with E-state index in [2.05, 4.69) is 10.2 Å². The van der Waals surface area contributed by atoms with E-state index in [0.29, 0.717) is 5.76 Å². The highest BCUT2D eigenvalue weighted by molar-refractivity contribution is 5.81. The summed E-state index contributed by atoms with van der Waals surface area (Å²) >= 11 is 0. The van der Waals surface area contributed by atoms with Crippen molar-refractivity contribution < 1.29 is 9.34 Å². The van der Waals surface area contributed by atoms with Crippen molar-refractivity contribution in [3.8, 4) is 0 Å². The number of nitro benzene ring substituents is 1. The molecule has 2 rings (SSSR count). The predicted octanol–water partition coefficient (Wildman–Crippen LogP) is 2.64. The third-order valence-corrected chi connectivity index (χ3v) is 2.11. The summed E-state index contributed by atoms with van der Waals surface area (Å²) in [6.45, 7) is 0. The first kappa shape index (κ1) is 11.7. The molecule has 0 unspecified atom stereocenters. The van der Waals surface area contributed by atoms with Crippen LogP contribution in [0.25, 0.3) is 0 Å². The number of benzene rings is 1. The Morgan fingerprint density at radius 2 is 1.83 bits per heavy atom. The molecule has 0 saturated heterocycles. The van der Waals surface area contributed by atoms with Gasteiger partial charge in [0.15, 0.2) is 0 Å². The molecule has 1 heterocycles. The van der Waals surface area contributed by atoms with Crippen molar-refractivity contribution >= 4 is 18.1 Å². The molecule has 2 aromatic rings. The van der Waals surface area contributed by atoms with Crippen molar-refractivity contribution in [3.05, 3.63) is 64.1 Å². The van der Waals surface area contributed by atoms with Crippen LogP contribution in [0.15, 0.2) is 57.3 Å². The van der Waals surface area contributed by atoms with E-state index in [1.54, 1.807) is 30.5 Å². The Labute approximate surface area is 102 Å². The lowest BCUT2D eigenvalue weighted by molar-refractivity contribution is -0.384. The zero-order valence-electron chi connectivity index (χ0n) is 9.26. The summed E-state index contributed by atoms with van der Waals surface area (Å²) in [7, 11) is 0. The molecule has 1 aromatic carbocycles. The van der Waals surface area contributed by atoms with Gasteiger partial charge in [-0.1, -0.05) is 0 Å². The molecule has 18 heavy (non-hydrogen) atoms. The fourth-order valence-electron chi connectivity index (χ4n) is 1.24. The van der Waals surface area contributed by atoms with Crippen LogP contribution in [-0.4, -0.2) is 17.4 Å². The minimum absolute atomic E-state index is 0.0474. The van der Waals surface area contributed by atoms with E-state index in [4.69, 9.17) is 4.42 Å². The lowest BCUT2D eigenvalue weighted by Crippen LogP contribution is -1.88. The lowest BCUT2D eigenvalue weighted by atomic mass is 10.2. The molecule has 0 amide bonds. The summed E-state index contributed by atoms with van der Waals surface area (Å²) in [5.74, 6) is 0.607. The Hall–Kier alpha value is -2.76. The van der Waals surface area contributed by atoms with Crippen molar-refractivity contribution in [2.45, 2.75) is 0 Å². The summed E-state index contributed by atoms with van der Waals surface area (Å²) in [5, 5.41) is 18.0. The van der Waals surface area contributed by atoms with Gasteiger partial charge in [-0.3, -0.25) is 10.1 Å². The molecular formula is C12H9N3O3. The van der Waals surface area contributed by atoms with E-state index in [-0.39, 0.29) is 5.69 Å². The summed E-state index contributed by atoms with van der Waals surface area (Å²) < 4.78 is 5.03. The van der Waals surface area contributed by atoms with E-state index in [1.165, 1.54) is 24.6 Å². The molecule has 90 valence electrons. The average Bonchev–Trinajstić information content (AvgIpc) is 2.88. The molecule has 1 aromatic heterocycles. The van der Waals surface area contributed by atoms with Gasteiger partial charge in [0.2, 0.25) is 0 Å². The monoisotopic (exact) mass is 243 g/mol. The van der Waals surface area contributed by atoms with Crippen LogP contribution in [0.4, 0.5) is 5.69 Å². The summed E-state index contributed by atoms with van der Waals surface area (Å²) in [4.78, 5) is 9.99. The van der Waals surface area contributed by atoms with Gasteiger partial charge in [0.05, 0.1) is 23.6 Å². The van der Waals surface area contributed by atoms with Crippen LogP contribution < -0.4 is 0 Å². The normalized spacial score (nSPS) is 11.3. The van der Waals surface area contributed by atoms with E-state index < -0.39 is 4.92 Å². The van der Waals surface area contributed by atoms with E-state index in [0.717, 1.165) is 5.56 Å². The molecule has 0 aliphatic rings. The Morgan fingerprint density at radius 1 is 1.11 bits per heavy atom. The molecule has 0 aliphatic carbocycles. The molecule has 6 nitrogen and oxygen atoms in total. The maximum Gasteiger partial charge on any atom is 0.269 e. The van der Waals surface area contributed by atoms with Gasteiger partial charge in [0, 0.05) is 12.1 Å². The fourth-order valence-corrected chi connectivity index (χ4v) is 1.24. The molecule has 0 radical (unpaired) electrons. The quantitative estimate of drug-likeness (QED) is 0.470. The number of non-ortho nitro benzene ring substituents is 1. The smallest absolute Gasteiger partial charge is 0.269 e. The largest absolute Gasteiger partial charge is 0.463 e. The van der Waals surface area contributed by atoms with Gasteiger partial charge in [-0.25, -0.2) is 0 Å². The summed E-state index contributed by atoms with van der Waals surface area (Å²) in [6.07, 6.45) is 4.52. The Balaban J connectivity index is 1.99. The highest BCUT2D eigenvalue weighted by Crippen LogP contribution is 2.10. The number of rotatable bonds is 4. The Bertz CT molecular complexity index is 571. The molecule has 0 spiro atoms. The lowest BCUT2D eigenvalue weighted by Gasteiger charge is -1.91. The second-order valence-corrected chi connectivity index (χ2v) is 3.35. The molecule has 0 atom stereocenters. The fraction of sp³-hybridized carbons (Fsp3) is 0. The predicted molar refractivity (Wildman–Crippen MR) is 67.0 cm³/mol. The van der Waals surface area contributed by atoms with Gasteiger partial charge in [-0.2, -0.15) is 10.2 Å². The van der Waals surface area contributed by atoms with E-state index in [9.17, 15) is 10.1 Å². The number of hydrogen-bond acceptors (Lipinski definition) is 5. The second-order valence-electron chi connectivity index (χ2n) is 3.35. The number of furan rings is 1. The van der Waals surface area contributed by atoms with Gasteiger partial charge in [-0.15, -0.1) is 0 Å². The maximum atomic E-state index is 10.4. The highest BCUT2D eigenvalue weighted by Gasteiger charge is 2.02. The molecule has 0 bridgehead atoms. The van der Waals surface area contributed by atoms with Crippen LogP contribution in [-0.2, 0) is 0 Å². The van der Waals surface area contributed by atoms with Crippen molar-refractivity contribution in [3.63, 3.8) is 0 Å². The second kappa shape index (κ2) is 5.53. The molecule has 0 fully saturated rings. The third kappa shape index (κ3) is 3.11. The molecule has 6 heteroatoms. The Morgan fingerprint density at radius 3 is 2.44 bits per heavy atom. The molecule has 0 N–H and O–H groups in total. The van der Waals surface area contributed by atoms with E-state index in [1.807, 2.05) is 0 Å². The highest BCUT2D eigenvalue weighted by atomic mass is 16.6. The zero-order valence-corrected chi connectivity index (χ0v) is 9.26. The minimum Gasteiger partial charge on any atom is -0.463 e. The zero-order chi connectivity index (χ0) is 12.8. The third-order valence-electron chi connectivity index (χ3n) is 2.11. The van der Waals surface area contributed by atoms with Crippen LogP contribution >= 0.6 is 0 Å². The topological polar surface area (TPSA) is 81.0 Å². The van der Waals surface area contributed by atoms with Gasteiger partial charge < -0.3 is 4.42 Å². The number of hydrogen-bond donors (Lipinski definition) is 0. The van der Waals surface area contributed by atoms with Crippen molar-refractivity contribution in [2.24, 2.45) is 10.2 Å². The molecular weight excluding hydrogens is 234 g/mol.